The fraction of sp³-hybridized carbons (Fsp3) is 0.833. The summed E-state index contributed by atoms with van der Waals surface area (Å²) in [6, 6.07) is 0. The first-order chi connectivity index (χ1) is 8.49. The molecule has 0 amide bonds. The Hall–Kier alpha value is 0.294. The van der Waals surface area contributed by atoms with Gasteiger partial charge in [-0.1, -0.05) is 28.0 Å². The Kier molecular flexibility index (Phi) is 12.7. The van der Waals surface area contributed by atoms with Crippen molar-refractivity contribution in [1.29, 1.82) is 0 Å². The molecule has 1 heterocycles. The van der Waals surface area contributed by atoms with E-state index in [1.54, 1.807) is 19.6 Å². The van der Waals surface area contributed by atoms with Crippen molar-refractivity contribution in [3.8, 4) is 0 Å². The molecule has 1 fully saturated rings. The third-order valence-corrected chi connectivity index (χ3v) is 1.01. The standard InChI is InChI=1S/C6H8O4.C3H10OSi.C3H9OSi.Na/c1-6(2)9-4(7)3-5(8)10-6;2*1-5(2,3)4;/h3H2,1-2H3;4H,1-3H3;1-3H3;/q;;-1;+1. The van der Waals surface area contributed by atoms with Crippen molar-refractivity contribution in [2.75, 3.05) is 0 Å². The van der Waals surface area contributed by atoms with Gasteiger partial charge in [-0.15, -0.1) is 0 Å². The summed E-state index contributed by atoms with van der Waals surface area (Å²) >= 11 is 0. The molecule has 0 saturated carbocycles. The van der Waals surface area contributed by atoms with E-state index in [4.69, 9.17) is 4.80 Å². The molecule has 0 aromatic rings. The Morgan fingerprint density at radius 3 is 1.33 bits per heavy atom. The van der Waals surface area contributed by atoms with Gasteiger partial charge in [0.2, 0.25) is 0 Å². The zero-order valence-corrected chi connectivity index (χ0v) is 18.7. The summed E-state index contributed by atoms with van der Waals surface area (Å²) < 4.78 is 9.32. The summed E-state index contributed by atoms with van der Waals surface area (Å²) in [5, 5.41) is 0. The van der Waals surface area contributed by atoms with Crippen LogP contribution in [0.2, 0.25) is 39.3 Å². The van der Waals surface area contributed by atoms with Crippen molar-refractivity contribution in [3.05, 3.63) is 0 Å². The van der Waals surface area contributed by atoms with Crippen LogP contribution >= 0.6 is 0 Å². The fourth-order valence-corrected chi connectivity index (χ4v) is 0.759. The van der Waals surface area contributed by atoms with Gasteiger partial charge in [0.25, 0.3) is 5.79 Å². The Bertz CT molecular complexity index is 292. The average Bonchev–Trinajstić information content (AvgIpc) is 1.88. The first kappa shape index (κ1) is 26.2. The first-order valence-corrected chi connectivity index (χ1v) is 13.2. The van der Waals surface area contributed by atoms with Crippen LogP contribution in [0.15, 0.2) is 0 Å². The van der Waals surface area contributed by atoms with Crippen molar-refractivity contribution in [3.63, 3.8) is 0 Å². The molecule has 1 N–H and O–H groups in total. The predicted octanol–water partition coefficient (Wildman–Crippen LogP) is -1.79. The molecule has 0 atom stereocenters. The van der Waals surface area contributed by atoms with Crippen LogP contribution in [-0.4, -0.2) is 39.2 Å². The van der Waals surface area contributed by atoms with Gasteiger partial charge in [0.1, 0.15) is 6.42 Å². The number of esters is 2. The largest absolute Gasteiger partial charge is 1.00 e. The maximum absolute atomic E-state index is 10.6. The Labute approximate surface area is 151 Å². The van der Waals surface area contributed by atoms with E-state index in [1.807, 2.05) is 19.6 Å². The maximum atomic E-state index is 10.6. The molecule has 0 unspecified atom stereocenters. The van der Waals surface area contributed by atoms with E-state index in [9.17, 15) is 14.4 Å². The van der Waals surface area contributed by atoms with Gasteiger partial charge in [-0.3, -0.25) is 9.59 Å². The average molecular weight is 347 g/mol. The van der Waals surface area contributed by atoms with Crippen molar-refractivity contribution >= 4 is 28.6 Å². The van der Waals surface area contributed by atoms with E-state index < -0.39 is 34.4 Å². The van der Waals surface area contributed by atoms with Crippen LogP contribution in [0.25, 0.3) is 0 Å². The van der Waals surface area contributed by atoms with E-state index in [1.165, 1.54) is 13.8 Å². The fourth-order valence-electron chi connectivity index (χ4n) is 0.759. The molecule has 9 heteroatoms. The summed E-state index contributed by atoms with van der Waals surface area (Å²) in [7, 11) is -3.47. The van der Waals surface area contributed by atoms with Gasteiger partial charge in [-0.2, -0.15) is 0 Å². The molecule has 21 heavy (non-hydrogen) atoms. The van der Waals surface area contributed by atoms with E-state index in [2.05, 4.69) is 9.47 Å². The predicted molar refractivity (Wildman–Crippen MR) is 79.8 cm³/mol. The second-order valence-electron chi connectivity index (χ2n) is 6.81. The van der Waals surface area contributed by atoms with E-state index in [0.29, 0.717) is 0 Å². The summed E-state index contributed by atoms with van der Waals surface area (Å²) in [5.74, 6) is -2.13. The zero-order valence-electron chi connectivity index (χ0n) is 14.7. The Balaban J connectivity index is -0.000000254. The van der Waals surface area contributed by atoms with Crippen molar-refractivity contribution in [1.82, 2.24) is 0 Å². The molecule has 0 spiro atoms. The van der Waals surface area contributed by atoms with Gasteiger partial charge < -0.3 is 19.1 Å². The quantitative estimate of drug-likeness (QED) is 0.316. The molecule has 1 rings (SSSR count). The van der Waals surface area contributed by atoms with Crippen molar-refractivity contribution < 1.29 is 58.2 Å². The van der Waals surface area contributed by atoms with Gasteiger partial charge in [0.15, 0.2) is 8.32 Å². The van der Waals surface area contributed by atoms with E-state index >= 15 is 0 Å². The van der Waals surface area contributed by atoms with Crippen LogP contribution < -0.4 is 34.4 Å². The van der Waals surface area contributed by atoms with Crippen molar-refractivity contribution in [2.45, 2.75) is 65.3 Å². The minimum Gasteiger partial charge on any atom is -0.859 e. The summed E-state index contributed by atoms with van der Waals surface area (Å²) in [6.07, 6.45) is -0.274. The molecule has 1 aliphatic heterocycles. The number of ether oxygens (including phenoxy) is 2. The normalized spacial score (nSPS) is 16.9. The van der Waals surface area contributed by atoms with E-state index in [0.717, 1.165) is 0 Å². The SMILES string of the molecule is CC1(C)OC(=O)CC(=O)O1.C[Si](C)(C)O.C[Si](C)(C)[O-].[Na+]. The molecule has 0 aliphatic carbocycles. The second kappa shape index (κ2) is 10.1. The topological polar surface area (TPSA) is 95.9 Å². The van der Waals surface area contributed by atoms with Gasteiger partial charge in [0.05, 0.1) is 0 Å². The Morgan fingerprint density at radius 2 is 1.19 bits per heavy atom. The van der Waals surface area contributed by atoms with Crippen LogP contribution in [-0.2, 0) is 19.1 Å². The number of hydrogen-bond donors (Lipinski definition) is 1. The van der Waals surface area contributed by atoms with Crippen LogP contribution in [0.5, 0.6) is 0 Å². The number of carbonyl (C=O) groups excluding carboxylic acids is 2. The van der Waals surface area contributed by atoms with E-state index in [-0.39, 0.29) is 36.0 Å². The minimum atomic E-state index is -1.86. The molecule has 1 saturated heterocycles. The first-order valence-electron chi connectivity index (χ1n) is 6.36. The molecule has 0 aromatic carbocycles. The summed E-state index contributed by atoms with van der Waals surface area (Å²) in [5.41, 5.74) is 0. The third kappa shape index (κ3) is 33.2. The number of rotatable bonds is 0. The van der Waals surface area contributed by atoms with Crippen LogP contribution in [0.1, 0.15) is 20.3 Å². The third-order valence-electron chi connectivity index (χ3n) is 1.01. The Morgan fingerprint density at radius 1 is 1.00 bits per heavy atom. The molecule has 6 nitrogen and oxygen atoms in total. The second-order valence-corrected chi connectivity index (χ2v) is 15.4. The van der Waals surface area contributed by atoms with Crippen LogP contribution in [0, 0.1) is 0 Å². The molecular weight excluding hydrogens is 319 g/mol. The number of carbonyl (C=O) groups is 2. The maximum Gasteiger partial charge on any atom is 1.00 e. The minimum absolute atomic E-state index is 0. The van der Waals surface area contributed by atoms with Crippen molar-refractivity contribution in [2.24, 2.45) is 0 Å². The van der Waals surface area contributed by atoms with Crippen LogP contribution in [0.3, 0.4) is 0 Å². The molecule has 0 radical (unpaired) electrons. The number of hydrogen-bond acceptors (Lipinski definition) is 6. The van der Waals surface area contributed by atoms with Gasteiger partial charge >= 0.3 is 41.5 Å². The molecule has 0 aromatic heterocycles. The van der Waals surface area contributed by atoms with Crippen LogP contribution in [0.4, 0.5) is 0 Å². The van der Waals surface area contributed by atoms with Gasteiger partial charge in [-0.05, 0) is 19.6 Å². The molecule has 1 aliphatic rings. The molecule has 120 valence electrons. The molecule has 0 bridgehead atoms. The summed E-state index contributed by atoms with van der Waals surface area (Å²) in [4.78, 5) is 40.0. The molecular formula is C12H27NaO6Si2. The van der Waals surface area contributed by atoms with Gasteiger partial charge in [-0.25, -0.2) is 0 Å². The smallest absolute Gasteiger partial charge is 0.859 e. The monoisotopic (exact) mass is 346 g/mol. The zero-order chi connectivity index (χ0) is 16.8. The summed E-state index contributed by atoms with van der Waals surface area (Å²) in [6.45, 7) is 14.0. The number of cyclic esters (lactones) is 2. The van der Waals surface area contributed by atoms with Gasteiger partial charge in [0, 0.05) is 13.8 Å².